The highest BCUT2D eigenvalue weighted by atomic mass is 19.1. The molecule has 2 fully saturated rings. The first kappa shape index (κ1) is 17.9. The van der Waals surface area contributed by atoms with Gasteiger partial charge < -0.3 is 10.6 Å². The summed E-state index contributed by atoms with van der Waals surface area (Å²) in [7, 11) is 0. The van der Waals surface area contributed by atoms with E-state index in [2.05, 4.69) is 5.10 Å². The van der Waals surface area contributed by atoms with Gasteiger partial charge in [-0.2, -0.15) is 5.10 Å². The zero-order chi connectivity index (χ0) is 19.0. The summed E-state index contributed by atoms with van der Waals surface area (Å²) in [6.07, 6.45) is 7.88. The lowest BCUT2D eigenvalue weighted by molar-refractivity contribution is -0.127. The SMILES string of the molecule is NC(=O)C1CC(C(=O)N(C2CCCCC2)C2CC2)=NN1c1ccc(F)cc1. The van der Waals surface area contributed by atoms with Gasteiger partial charge >= 0.3 is 0 Å². The molecule has 7 heteroatoms. The van der Waals surface area contributed by atoms with Crippen molar-refractivity contribution in [2.24, 2.45) is 10.8 Å². The summed E-state index contributed by atoms with van der Waals surface area (Å²) in [5.74, 6) is -0.979. The van der Waals surface area contributed by atoms with Crippen LogP contribution in [-0.2, 0) is 9.59 Å². The number of hydrazone groups is 1. The quantitative estimate of drug-likeness (QED) is 0.863. The van der Waals surface area contributed by atoms with Crippen molar-refractivity contribution in [2.75, 3.05) is 5.01 Å². The Morgan fingerprint density at radius 1 is 1.04 bits per heavy atom. The monoisotopic (exact) mass is 372 g/mol. The molecular weight excluding hydrogens is 347 g/mol. The van der Waals surface area contributed by atoms with Gasteiger partial charge in [-0.1, -0.05) is 19.3 Å². The van der Waals surface area contributed by atoms with Crippen LogP contribution in [0.2, 0.25) is 0 Å². The molecule has 0 bridgehead atoms. The molecule has 1 aromatic carbocycles. The second-order valence-corrected chi connectivity index (χ2v) is 7.73. The Kier molecular flexibility index (Phi) is 4.85. The maximum Gasteiger partial charge on any atom is 0.270 e. The predicted octanol–water partition coefficient (Wildman–Crippen LogP) is 2.57. The van der Waals surface area contributed by atoms with Crippen molar-refractivity contribution < 1.29 is 14.0 Å². The minimum absolute atomic E-state index is 0.0692. The van der Waals surface area contributed by atoms with Gasteiger partial charge in [-0.05, 0) is 49.9 Å². The van der Waals surface area contributed by atoms with E-state index in [1.165, 1.54) is 23.6 Å². The molecule has 144 valence electrons. The van der Waals surface area contributed by atoms with E-state index in [1.54, 1.807) is 12.1 Å². The van der Waals surface area contributed by atoms with Crippen molar-refractivity contribution in [2.45, 2.75) is 69.5 Å². The van der Waals surface area contributed by atoms with E-state index in [0.717, 1.165) is 38.5 Å². The Labute approximate surface area is 158 Å². The summed E-state index contributed by atoms with van der Waals surface area (Å²) in [6.45, 7) is 0. The minimum Gasteiger partial charge on any atom is -0.368 e. The van der Waals surface area contributed by atoms with Crippen molar-refractivity contribution in [3.05, 3.63) is 30.1 Å². The number of halogens is 1. The third-order valence-electron chi connectivity index (χ3n) is 5.72. The van der Waals surface area contributed by atoms with E-state index in [9.17, 15) is 14.0 Å². The molecule has 0 aromatic heterocycles. The van der Waals surface area contributed by atoms with Crippen molar-refractivity contribution in [1.29, 1.82) is 0 Å². The van der Waals surface area contributed by atoms with Crippen molar-refractivity contribution >= 4 is 23.2 Å². The average Bonchev–Trinajstić information content (AvgIpc) is 3.39. The van der Waals surface area contributed by atoms with Crippen LogP contribution < -0.4 is 10.7 Å². The van der Waals surface area contributed by atoms with Crippen LogP contribution in [-0.4, -0.2) is 40.6 Å². The summed E-state index contributed by atoms with van der Waals surface area (Å²) in [5.41, 5.74) is 6.49. The molecule has 0 saturated heterocycles. The molecule has 4 rings (SSSR count). The third kappa shape index (κ3) is 3.68. The smallest absolute Gasteiger partial charge is 0.270 e. The van der Waals surface area contributed by atoms with Gasteiger partial charge in [-0.3, -0.25) is 14.6 Å². The van der Waals surface area contributed by atoms with Gasteiger partial charge in [0.25, 0.3) is 5.91 Å². The maximum absolute atomic E-state index is 13.3. The minimum atomic E-state index is -0.721. The van der Waals surface area contributed by atoms with Gasteiger partial charge in [0.2, 0.25) is 5.91 Å². The largest absolute Gasteiger partial charge is 0.368 e. The predicted molar refractivity (Wildman–Crippen MR) is 101 cm³/mol. The van der Waals surface area contributed by atoms with E-state index in [1.807, 2.05) is 4.90 Å². The van der Waals surface area contributed by atoms with Crippen LogP contribution in [0.5, 0.6) is 0 Å². The number of amides is 2. The van der Waals surface area contributed by atoms with Crippen LogP contribution in [0.15, 0.2) is 29.4 Å². The molecule has 0 spiro atoms. The summed E-state index contributed by atoms with van der Waals surface area (Å²) < 4.78 is 13.2. The van der Waals surface area contributed by atoms with Crippen LogP contribution in [0, 0.1) is 5.82 Å². The molecule has 1 heterocycles. The molecule has 2 amide bonds. The number of benzene rings is 1. The summed E-state index contributed by atoms with van der Waals surface area (Å²) in [4.78, 5) is 27.2. The molecular formula is C20H25FN4O2. The highest BCUT2D eigenvalue weighted by Crippen LogP contribution is 2.35. The Morgan fingerprint density at radius 2 is 1.67 bits per heavy atom. The Balaban J connectivity index is 1.59. The lowest BCUT2D eigenvalue weighted by atomic mass is 9.93. The second-order valence-electron chi connectivity index (χ2n) is 7.73. The number of nitrogens with two attached hydrogens (primary N) is 1. The highest BCUT2D eigenvalue weighted by molar-refractivity contribution is 6.40. The Hall–Kier alpha value is -2.44. The van der Waals surface area contributed by atoms with Gasteiger partial charge in [0.05, 0.1) is 5.69 Å². The van der Waals surface area contributed by atoms with Crippen molar-refractivity contribution in [3.63, 3.8) is 0 Å². The van der Waals surface area contributed by atoms with Gasteiger partial charge in [0.1, 0.15) is 17.6 Å². The second kappa shape index (κ2) is 7.29. The third-order valence-corrected chi connectivity index (χ3v) is 5.72. The zero-order valence-corrected chi connectivity index (χ0v) is 15.3. The van der Waals surface area contributed by atoms with Crippen LogP contribution >= 0.6 is 0 Å². The molecule has 1 aromatic rings. The number of hydrogen-bond acceptors (Lipinski definition) is 4. The van der Waals surface area contributed by atoms with Gasteiger partial charge in [0.15, 0.2) is 0 Å². The molecule has 2 aliphatic carbocycles. The molecule has 1 atom stereocenters. The fraction of sp³-hybridized carbons (Fsp3) is 0.550. The summed E-state index contributed by atoms with van der Waals surface area (Å²) in [5, 5.41) is 5.91. The van der Waals surface area contributed by atoms with Gasteiger partial charge in [-0.15, -0.1) is 0 Å². The number of carbonyl (C=O) groups is 2. The van der Waals surface area contributed by atoms with Crippen LogP contribution in [0.1, 0.15) is 51.4 Å². The zero-order valence-electron chi connectivity index (χ0n) is 15.3. The lowest BCUT2D eigenvalue weighted by Crippen LogP contribution is -2.46. The first-order chi connectivity index (χ1) is 13.0. The average molecular weight is 372 g/mol. The summed E-state index contributed by atoms with van der Waals surface area (Å²) >= 11 is 0. The molecule has 0 radical (unpaired) electrons. The van der Waals surface area contributed by atoms with Crippen molar-refractivity contribution in [1.82, 2.24) is 4.90 Å². The molecule has 2 N–H and O–H groups in total. The van der Waals surface area contributed by atoms with E-state index in [4.69, 9.17) is 5.73 Å². The van der Waals surface area contributed by atoms with Gasteiger partial charge in [0, 0.05) is 18.5 Å². The molecule has 2 saturated carbocycles. The number of rotatable bonds is 5. The fourth-order valence-electron chi connectivity index (χ4n) is 4.18. The lowest BCUT2D eigenvalue weighted by Gasteiger charge is -2.34. The standard InChI is InChI=1S/C20H25FN4O2/c21-13-6-8-16(9-7-13)25-18(19(22)26)12-17(23-25)20(27)24(15-10-11-15)14-4-2-1-3-5-14/h6-9,14-15,18H,1-5,10-12H2,(H2,22,26). The molecule has 3 aliphatic rings. The van der Waals surface area contributed by atoms with E-state index in [0.29, 0.717) is 17.4 Å². The van der Waals surface area contributed by atoms with E-state index >= 15 is 0 Å². The highest BCUT2D eigenvalue weighted by Gasteiger charge is 2.43. The fourth-order valence-corrected chi connectivity index (χ4v) is 4.18. The van der Waals surface area contributed by atoms with E-state index < -0.39 is 11.9 Å². The molecule has 6 nitrogen and oxygen atoms in total. The van der Waals surface area contributed by atoms with E-state index in [-0.39, 0.29) is 24.2 Å². The van der Waals surface area contributed by atoms with Crippen molar-refractivity contribution in [3.8, 4) is 0 Å². The number of hydrogen-bond donors (Lipinski definition) is 1. The first-order valence-electron chi connectivity index (χ1n) is 9.79. The molecule has 1 unspecified atom stereocenters. The van der Waals surface area contributed by atoms with Crippen LogP contribution in [0.25, 0.3) is 0 Å². The number of anilines is 1. The normalized spacial score (nSPS) is 23.2. The van der Waals surface area contributed by atoms with Crippen LogP contribution in [0.3, 0.4) is 0 Å². The van der Waals surface area contributed by atoms with Gasteiger partial charge in [-0.25, -0.2) is 4.39 Å². The number of primary amides is 1. The number of carbonyl (C=O) groups excluding carboxylic acids is 2. The van der Waals surface area contributed by atoms with Crippen LogP contribution in [0.4, 0.5) is 10.1 Å². The Bertz CT molecular complexity index is 754. The Morgan fingerprint density at radius 3 is 2.26 bits per heavy atom. The maximum atomic E-state index is 13.3. The number of nitrogens with zero attached hydrogens (tertiary/aromatic N) is 3. The molecule has 1 aliphatic heterocycles. The molecule has 27 heavy (non-hydrogen) atoms. The summed E-state index contributed by atoms with van der Waals surface area (Å²) in [6, 6.07) is 5.55. The topological polar surface area (TPSA) is 79.0 Å². The first-order valence-corrected chi connectivity index (χ1v) is 9.79.